The summed E-state index contributed by atoms with van der Waals surface area (Å²) in [4.78, 5) is 25.9. The van der Waals surface area contributed by atoms with Gasteiger partial charge < -0.3 is 4.90 Å². The molecule has 0 aromatic heterocycles. The van der Waals surface area contributed by atoms with Crippen molar-refractivity contribution in [2.45, 2.75) is 39.0 Å². The maximum Gasteiger partial charge on any atom is 0.243 e. The molecular weight excluding hydrogens is 302 g/mol. The summed E-state index contributed by atoms with van der Waals surface area (Å²) in [7, 11) is 1.85. The lowest BCUT2D eigenvalue weighted by atomic mass is 9.68. The summed E-state index contributed by atoms with van der Waals surface area (Å²) < 4.78 is 0. The van der Waals surface area contributed by atoms with Crippen LogP contribution in [0.15, 0.2) is 23.3 Å². The third-order valence-corrected chi connectivity index (χ3v) is 6.15. The number of benzene rings is 1. The minimum absolute atomic E-state index is 0.0529. The van der Waals surface area contributed by atoms with Crippen molar-refractivity contribution in [3.63, 3.8) is 0 Å². The van der Waals surface area contributed by atoms with Crippen molar-refractivity contribution in [1.82, 2.24) is 5.43 Å². The fraction of sp³-hybridized carbons (Fsp3) is 0.526. The van der Waals surface area contributed by atoms with E-state index in [4.69, 9.17) is 0 Å². The molecule has 1 aromatic carbocycles. The number of carbonyl (C=O) groups is 2. The zero-order chi connectivity index (χ0) is 17.0. The summed E-state index contributed by atoms with van der Waals surface area (Å²) in [6.45, 7) is 4.33. The number of hydrogen-bond donors (Lipinski definition) is 1. The first-order valence-corrected chi connectivity index (χ1v) is 8.75. The van der Waals surface area contributed by atoms with E-state index in [9.17, 15) is 9.59 Å². The third-order valence-electron chi connectivity index (χ3n) is 6.15. The van der Waals surface area contributed by atoms with E-state index in [1.54, 1.807) is 4.90 Å². The van der Waals surface area contributed by atoms with Crippen molar-refractivity contribution in [3.8, 4) is 0 Å². The van der Waals surface area contributed by atoms with Gasteiger partial charge in [0, 0.05) is 31.0 Å². The van der Waals surface area contributed by atoms with Crippen molar-refractivity contribution in [2.75, 3.05) is 11.9 Å². The topological polar surface area (TPSA) is 61.8 Å². The number of amides is 2. The molecule has 5 heteroatoms. The van der Waals surface area contributed by atoms with Crippen LogP contribution in [0, 0.1) is 17.8 Å². The number of hydrazone groups is 1. The van der Waals surface area contributed by atoms with E-state index in [0.29, 0.717) is 18.3 Å². The monoisotopic (exact) mass is 325 g/mol. The number of nitrogens with zero attached hydrogens (tertiary/aromatic N) is 2. The van der Waals surface area contributed by atoms with Gasteiger partial charge in [0.05, 0.1) is 5.71 Å². The number of carbonyl (C=O) groups excluding carboxylic acids is 2. The molecule has 3 aliphatic rings. The number of rotatable bonds is 1. The van der Waals surface area contributed by atoms with Gasteiger partial charge in [-0.2, -0.15) is 5.10 Å². The Balaban J connectivity index is 1.77. The van der Waals surface area contributed by atoms with Crippen molar-refractivity contribution >= 4 is 23.2 Å². The van der Waals surface area contributed by atoms with E-state index in [-0.39, 0.29) is 23.7 Å². The molecule has 1 aromatic rings. The first kappa shape index (κ1) is 15.4. The molecule has 5 nitrogen and oxygen atoms in total. The molecule has 2 amide bonds. The lowest BCUT2D eigenvalue weighted by Gasteiger charge is -2.39. The molecule has 1 fully saturated rings. The van der Waals surface area contributed by atoms with Crippen LogP contribution in [-0.2, 0) is 9.59 Å². The highest BCUT2D eigenvalue weighted by Gasteiger charge is 2.43. The third kappa shape index (κ3) is 2.18. The van der Waals surface area contributed by atoms with Gasteiger partial charge in [-0.15, -0.1) is 0 Å². The predicted molar refractivity (Wildman–Crippen MR) is 92.9 cm³/mol. The lowest BCUT2D eigenvalue weighted by molar-refractivity contribution is -0.129. The van der Waals surface area contributed by atoms with E-state index in [1.807, 2.05) is 19.2 Å². The van der Waals surface area contributed by atoms with E-state index in [1.165, 1.54) is 5.56 Å². The fourth-order valence-corrected chi connectivity index (χ4v) is 4.11. The van der Waals surface area contributed by atoms with E-state index < -0.39 is 0 Å². The Bertz CT molecular complexity index is 755. The highest BCUT2D eigenvalue weighted by molar-refractivity contribution is 6.08. The summed E-state index contributed by atoms with van der Waals surface area (Å²) in [5.74, 6) is 1.16. The molecule has 4 atom stereocenters. The molecule has 4 unspecified atom stereocenters. The van der Waals surface area contributed by atoms with Crippen molar-refractivity contribution in [2.24, 2.45) is 22.9 Å². The molecule has 24 heavy (non-hydrogen) atoms. The van der Waals surface area contributed by atoms with Crippen molar-refractivity contribution < 1.29 is 9.59 Å². The fourth-order valence-electron chi connectivity index (χ4n) is 4.11. The van der Waals surface area contributed by atoms with Gasteiger partial charge in [-0.05, 0) is 47.9 Å². The molecule has 0 saturated heterocycles. The largest absolute Gasteiger partial charge is 0.315 e. The van der Waals surface area contributed by atoms with Gasteiger partial charge in [-0.1, -0.05) is 19.9 Å². The smallest absolute Gasteiger partial charge is 0.243 e. The Hall–Kier alpha value is -2.17. The minimum Gasteiger partial charge on any atom is -0.315 e. The van der Waals surface area contributed by atoms with Crippen LogP contribution >= 0.6 is 0 Å². The number of anilines is 1. The molecule has 1 N–H and O–H groups in total. The Morgan fingerprint density at radius 1 is 1.17 bits per heavy atom. The van der Waals surface area contributed by atoms with Gasteiger partial charge in [0.25, 0.3) is 0 Å². The highest BCUT2D eigenvalue weighted by Crippen LogP contribution is 2.42. The summed E-state index contributed by atoms with van der Waals surface area (Å²) in [5, 5.41) is 4.35. The Morgan fingerprint density at radius 3 is 2.62 bits per heavy atom. The van der Waals surface area contributed by atoms with Crippen LogP contribution in [0.5, 0.6) is 0 Å². The van der Waals surface area contributed by atoms with Crippen LogP contribution in [0.1, 0.15) is 50.2 Å². The Kier molecular flexibility index (Phi) is 3.48. The molecule has 1 aliphatic carbocycles. The van der Waals surface area contributed by atoms with Crippen LogP contribution in [0.2, 0.25) is 0 Å². The number of fused-ring (bicyclic) bond motifs is 2. The summed E-state index contributed by atoms with van der Waals surface area (Å²) in [5.41, 5.74) is 6.93. The van der Waals surface area contributed by atoms with E-state index in [2.05, 4.69) is 30.4 Å². The maximum atomic E-state index is 12.3. The van der Waals surface area contributed by atoms with Crippen LogP contribution < -0.4 is 10.3 Å². The summed E-state index contributed by atoms with van der Waals surface area (Å²) in [6, 6.07) is 6.25. The molecular formula is C19H23N3O2. The molecule has 0 bridgehead atoms. The second-order valence-corrected chi connectivity index (χ2v) is 7.46. The molecule has 0 radical (unpaired) electrons. The van der Waals surface area contributed by atoms with Gasteiger partial charge in [0.2, 0.25) is 11.8 Å². The first-order valence-electron chi connectivity index (χ1n) is 8.75. The molecule has 1 saturated carbocycles. The van der Waals surface area contributed by atoms with Gasteiger partial charge >= 0.3 is 0 Å². The Morgan fingerprint density at radius 2 is 1.92 bits per heavy atom. The van der Waals surface area contributed by atoms with Crippen LogP contribution in [0.4, 0.5) is 5.69 Å². The molecule has 2 aliphatic heterocycles. The average Bonchev–Trinajstić information content (AvgIpc) is 2.60. The predicted octanol–water partition coefficient (Wildman–Crippen LogP) is 2.65. The molecule has 0 spiro atoms. The van der Waals surface area contributed by atoms with Crippen LogP contribution in [-0.4, -0.2) is 24.6 Å². The second kappa shape index (κ2) is 5.43. The zero-order valence-electron chi connectivity index (χ0n) is 14.4. The van der Waals surface area contributed by atoms with Gasteiger partial charge in [-0.25, -0.2) is 5.43 Å². The van der Waals surface area contributed by atoms with Crippen molar-refractivity contribution in [1.29, 1.82) is 0 Å². The van der Waals surface area contributed by atoms with Gasteiger partial charge in [0.1, 0.15) is 0 Å². The molecule has 2 heterocycles. The normalized spacial score (nSPS) is 32.1. The Labute approximate surface area is 142 Å². The maximum absolute atomic E-state index is 12.3. The second-order valence-electron chi connectivity index (χ2n) is 7.46. The van der Waals surface area contributed by atoms with E-state index in [0.717, 1.165) is 29.8 Å². The minimum atomic E-state index is 0.0529. The van der Waals surface area contributed by atoms with Crippen molar-refractivity contribution in [3.05, 3.63) is 29.3 Å². The average molecular weight is 325 g/mol. The quantitative estimate of drug-likeness (QED) is 0.863. The standard InChI is InChI=1S/C19H23N3O2/c1-10-8-17(23)22(3)16-7-4-12(9-15(16)11(10)2)18-13-5-6-14(13)19(24)21-20-18/h4,7,9-11,13-14H,5-6,8H2,1-3H3,(H,21,24). The SMILES string of the molecule is CC1CC(=O)N(C)c2ccc(C3=NNC(=O)C4CCC34)cc2C1C. The summed E-state index contributed by atoms with van der Waals surface area (Å²) >= 11 is 0. The zero-order valence-corrected chi connectivity index (χ0v) is 14.4. The van der Waals surface area contributed by atoms with Crippen LogP contribution in [0.25, 0.3) is 0 Å². The van der Waals surface area contributed by atoms with Gasteiger partial charge in [0.15, 0.2) is 0 Å². The first-order chi connectivity index (χ1) is 11.5. The molecule has 126 valence electrons. The summed E-state index contributed by atoms with van der Waals surface area (Å²) in [6.07, 6.45) is 2.55. The lowest BCUT2D eigenvalue weighted by Crippen LogP contribution is -2.47. The number of hydrogen-bond acceptors (Lipinski definition) is 3. The molecule has 4 rings (SSSR count). The number of nitrogens with one attached hydrogen (secondary N) is 1. The van der Waals surface area contributed by atoms with Crippen LogP contribution in [0.3, 0.4) is 0 Å². The van der Waals surface area contributed by atoms with E-state index >= 15 is 0 Å². The van der Waals surface area contributed by atoms with Gasteiger partial charge in [-0.3, -0.25) is 9.59 Å². The highest BCUT2D eigenvalue weighted by atomic mass is 16.2.